The second-order valence-electron chi connectivity index (χ2n) is 3.85. The number of anilines is 1. The van der Waals surface area contributed by atoms with E-state index in [4.69, 9.17) is 0 Å². The molecule has 4 nitrogen and oxygen atoms in total. The number of aromatic amines is 1. The number of hydrogen-bond acceptors (Lipinski definition) is 3. The summed E-state index contributed by atoms with van der Waals surface area (Å²) in [5.41, 5.74) is 2.19. The normalized spacial score (nSPS) is 17.2. The molecular formula is C11H14N4. The van der Waals surface area contributed by atoms with Crippen molar-refractivity contribution in [1.82, 2.24) is 15.3 Å². The van der Waals surface area contributed by atoms with Gasteiger partial charge in [-0.15, -0.1) is 0 Å². The van der Waals surface area contributed by atoms with E-state index in [2.05, 4.69) is 32.3 Å². The van der Waals surface area contributed by atoms with Crippen LogP contribution in [0.4, 0.5) is 5.69 Å². The summed E-state index contributed by atoms with van der Waals surface area (Å²) >= 11 is 0. The summed E-state index contributed by atoms with van der Waals surface area (Å²) in [6.07, 6.45) is 3.88. The van der Waals surface area contributed by atoms with Gasteiger partial charge in [0.2, 0.25) is 0 Å². The lowest BCUT2D eigenvalue weighted by atomic mass is 10.2. The van der Waals surface area contributed by atoms with E-state index in [0.717, 1.165) is 31.8 Å². The van der Waals surface area contributed by atoms with Crippen molar-refractivity contribution in [3.63, 3.8) is 0 Å². The molecule has 3 rings (SSSR count). The third-order valence-corrected chi connectivity index (χ3v) is 2.87. The SMILES string of the molecule is c1cc2cc(N3CCNCC3)cnc2[nH]1. The zero-order valence-electron chi connectivity index (χ0n) is 8.53. The smallest absolute Gasteiger partial charge is 0.137 e. The number of nitrogens with one attached hydrogen (secondary N) is 2. The van der Waals surface area contributed by atoms with E-state index in [1.807, 2.05) is 12.4 Å². The molecule has 1 aliphatic heterocycles. The maximum atomic E-state index is 4.40. The van der Waals surface area contributed by atoms with Gasteiger partial charge in [0.15, 0.2) is 0 Å². The summed E-state index contributed by atoms with van der Waals surface area (Å²) in [6, 6.07) is 4.26. The fraction of sp³-hybridized carbons (Fsp3) is 0.364. The van der Waals surface area contributed by atoms with Crippen LogP contribution in [0.5, 0.6) is 0 Å². The molecule has 0 aromatic carbocycles. The lowest BCUT2D eigenvalue weighted by molar-refractivity contribution is 0.589. The minimum atomic E-state index is 0.967. The second-order valence-corrected chi connectivity index (χ2v) is 3.85. The van der Waals surface area contributed by atoms with Crippen molar-refractivity contribution in [3.05, 3.63) is 24.5 Å². The highest BCUT2D eigenvalue weighted by Crippen LogP contribution is 2.19. The number of rotatable bonds is 1. The van der Waals surface area contributed by atoms with Gasteiger partial charge in [-0.3, -0.25) is 0 Å². The minimum Gasteiger partial charge on any atom is -0.368 e. The van der Waals surface area contributed by atoms with E-state index in [1.165, 1.54) is 11.1 Å². The van der Waals surface area contributed by atoms with E-state index in [9.17, 15) is 0 Å². The van der Waals surface area contributed by atoms with Crippen LogP contribution < -0.4 is 10.2 Å². The van der Waals surface area contributed by atoms with Crippen molar-refractivity contribution in [2.45, 2.75) is 0 Å². The Labute approximate surface area is 88.3 Å². The zero-order valence-corrected chi connectivity index (χ0v) is 8.53. The number of nitrogens with zero attached hydrogens (tertiary/aromatic N) is 2. The second kappa shape index (κ2) is 3.55. The molecule has 2 aromatic rings. The number of aromatic nitrogens is 2. The molecule has 0 radical (unpaired) electrons. The van der Waals surface area contributed by atoms with Crippen molar-refractivity contribution in [2.75, 3.05) is 31.1 Å². The predicted molar refractivity (Wildman–Crippen MR) is 61.2 cm³/mol. The van der Waals surface area contributed by atoms with Crippen LogP contribution in [0.25, 0.3) is 11.0 Å². The first-order chi connectivity index (χ1) is 7.43. The van der Waals surface area contributed by atoms with Crippen molar-refractivity contribution < 1.29 is 0 Å². The Morgan fingerprint density at radius 2 is 2.13 bits per heavy atom. The van der Waals surface area contributed by atoms with Gasteiger partial charge in [-0.25, -0.2) is 4.98 Å². The summed E-state index contributed by atoms with van der Waals surface area (Å²) in [4.78, 5) is 9.88. The van der Waals surface area contributed by atoms with E-state index in [1.54, 1.807) is 0 Å². The summed E-state index contributed by atoms with van der Waals surface area (Å²) in [5.74, 6) is 0. The molecule has 1 aliphatic rings. The first kappa shape index (κ1) is 8.73. The molecule has 2 aromatic heterocycles. The minimum absolute atomic E-state index is 0.967. The Hall–Kier alpha value is -1.55. The molecule has 0 spiro atoms. The largest absolute Gasteiger partial charge is 0.368 e. The number of fused-ring (bicyclic) bond motifs is 1. The van der Waals surface area contributed by atoms with Gasteiger partial charge >= 0.3 is 0 Å². The van der Waals surface area contributed by atoms with Gasteiger partial charge in [-0.1, -0.05) is 0 Å². The molecule has 15 heavy (non-hydrogen) atoms. The van der Waals surface area contributed by atoms with Gasteiger partial charge in [0.05, 0.1) is 11.9 Å². The van der Waals surface area contributed by atoms with E-state index in [-0.39, 0.29) is 0 Å². The number of H-pyrrole nitrogens is 1. The monoisotopic (exact) mass is 202 g/mol. The lowest BCUT2D eigenvalue weighted by Crippen LogP contribution is -2.43. The van der Waals surface area contributed by atoms with Crippen LogP contribution in [0.2, 0.25) is 0 Å². The van der Waals surface area contributed by atoms with E-state index in [0.29, 0.717) is 0 Å². The summed E-state index contributed by atoms with van der Waals surface area (Å²) in [6.45, 7) is 4.26. The Morgan fingerprint density at radius 3 is 3.00 bits per heavy atom. The summed E-state index contributed by atoms with van der Waals surface area (Å²) in [7, 11) is 0. The molecule has 1 fully saturated rings. The van der Waals surface area contributed by atoms with E-state index < -0.39 is 0 Å². The number of piperazine rings is 1. The van der Waals surface area contributed by atoms with Gasteiger partial charge in [0, 0.05) is 37.8 Å². The quantitative estimate of drug-likeness (QED) is 0.724. The van der Waals surface area contributed by atoms with Crippen molar-refractivity contribution in [1.29, 1.82) is 0 Å². The van der Waals surface area contributed by atoms with E-state index >= 15 is 0 Å². The van der Waals surface area contributed by atoms with Gasteiger partial charge in [0.25, 0.3) is 0 Å². The average Bonchev–Trinajstić information content (AvgIpc) is 2.77. The van der Waals surface area contributed by atoms with Crippen LogP contribution in [0, 0.1) is 0 Å². The number of hydrogen-bond donors (Lipinski definition) is 2. The van der Waals surface area contributed by atoms with Gasteiger partial charge in [0.1, 0.15) is 5.65 Å². The highest BCUT2D eigenvalue weighted by atomic mass is 15.2. The van der Waals surface area contributed by atoms with Crippen LogP contribution in [-0.4, -0.2) is 36.1 Å². The molecule has 4 heteroatoms. The molecule has 2 N–H and O–H groups in total. The van der Waals surface area contributed by atoms with Crippen molar-refractivity contribution in [2.24, 2.45) is 0 Å². The Balaban J connectivity index is 1.95. The summed E-state index contributed by atoms with van der Waals surface area (Å²) in [5, 5.41) is 4.53. The topological polar surface area (TPSA) is 44.0 Å². The lowest BCUT2D eigenvalue weighted by Gasteiger charge is -2.29. The molecule has 3 heterocycles. The number of pyridine rings is 1. The molecular weight excluding hydrogens is 188 g/mol. The average molecular weight is 202 g/mol. The third kappa shape index (κ3) is 1.57. The van der Waals surface area contributed by atoms with Crippen LogP contribution in [0.3, 0.4) is 0 Å². The molecule has 0 aliphatic carbocycles. The Morgan fingerprint density at radius 1 is 1.27 bits per heavy atom. The standard InChI is InChI=1S/C11H14N4/c1-2-13-11-9(1)7-10(8-14-11)15-5-3-12-4-6-15/h1-2,7-8,12H,3-6H2,(H,13,14). The van der Waals surface area contributed by atoms with Crippen LogP contribution in [-0.2, 0) is 0 Å². The van der Waals surface area contributed by atoms with Crippen LogP contribution >= 0.6 is 0 Å². The Bertz CT molecular complexity index is 456. The molecule has 0 atom stereocenters. The zero-order chi connectivity index (χ0) is 10.1. The third-order valence-electron chi connectivity index (χ3n) is 2.87. The highest BCUT2D eigenvalue weighted by molar-refractivity contribution is 5.79. The van der Waals surface area contributed by atoms with Crippen LogP contribution in [0.15, 0.2) is 24.5 Å². The molecule has 78 valence electrons. The summed E-state index contributed by atoms with van der Waals surface area (Å²) < 4.78 is 0. The van der Waals surface area contributed by atoms with Crippen LogP contribution in [0.1, 0.15) is 0 Å². The first-order valence-corrected chi connectivity index (χ1v) is 5.32. The fourth-order valence-corrected chi connectivity index (χ4v) is 2.02. The van der Waals surface area contributed by atoms with Crippen molar-refractivity contribution >= 4 is 16.7 Å². The Kier molecular flexibility index (Phi) is 2.07. The molecule has 1 saturated heterocycles. The van der Waals surface area contributed by atoms with Crippen molar-refractivity contribution in [3.8, 4) is 0 Å². The fourth-order valence-electron chi connectivity index (χ4n) is 2.02. The molecule has 0 bridgehead atoms. The molecule has 0 saturated carbocycles. The maximum Gasteiger partial charge on any atom is 0.137 e. The molecule has 0 unspecified atom stereocenters. The maximum absolute atomic E-state index is 4.40. The predicted octanol–water partition coefficient (Wildman–Crippen LogP) is 0.972. The van der Waals surface area contributed by atoms with Gasteiger partial charge < -0.3 is 15.2 Å². The first-order valence-electron chi connectivity index (χ1n) is 5.32. The molecule has 0 amide bonds. The van der Waals surface area contributed by atoms with Gasteiger partial charge in [-0.2, -0.15) is 0 Å². The highest BCUT2D eigenvalue weighted by Gasteiger charge is 2.10. The van der Waals surface area contributed by atoms with Gasteiger partial charge in [-0.05, 0) is 12.1 Å².